The van der Waals surface area contributed by atoms with Crippen LogP contribution in [-0.2, 0) is 6.54 Å². The number of rotatable bonds is 5. The molecule has 4 nitrogen and oxygen atoms in total. The van der Waals surface area contributed by atoms with Gasteiger partial charge in [-0.2, -0.15) is 0 Å². The number of nitrogens with one attached hydrogen (secondary N) is 1. The van der Waals surface area contributed by atoms with Gasteiger partial charge in [-0.05, 0) is 62.5 Å². The first kappa shape index (κ1) is 16.7. The van der Waals surface area contributed by atoms with Crippen LogP contribution in [0.1, 0.15) is 34.5 Å². The molecule has 0 unspecified atom stereocenters. The summed E-state index contributed by atoms with van der Waals surface area (Å²) in [5, 5.41) is 3.10. The number of carbonyl (C=O) groups is 1. The lowest BCUT2D eigenvalue weighted by atomic mass is 9.96. The molecule has 1 aromatic carbocycles. The van der Waals surface area contributed by atoms with Crippen molar-refractivity contribution < 1.29 is 4.79 Å². The average molecular weight is 323 g/mol. The molecule has 1 amide bonds. The smallest absolute Gasteiger partial charge is 0.251 e. The number of pyridine rings is 1. The minimum Gasteiger partial charge on any atom is -0.352 e. The van der Waals surface area contributed by atoms with Crippen LogP contribution in [0.5, 0.6) is 0 Å². The van der Waals surface area contributed by atoms with Crippen molar-refractivity contribution in [2.75, 3.05) is 19.6 Å². The van der Waals surface area contributed by atoms with Gasteiger partial charge in [0, 0.05) is 24.8 Å². The molecule has 126 valence electrons. The summed E-state index contributed by atoms with van der Waals surface area (Å²) in [6.07, 6.45) is 4.10. The Balaban J connectivity index is 1.43. The van der Waals surface area contributed by atoms with Crippen LogP contribution < -0.4 is 5.32 Å². The first-order valence-corrected chi connectivity index (χ1v) is 8.68. The standard InChI is InChI=1S/C20H25N3O/c1-16-6-2-3-8-19(16)20(24)22-14-17-9-12-23(13-10-17)15-18-7-4-5-11-21-18/h2-8,11,17H,9-10,12-15H2,1H3,(H,22,24). The minimum absolute atomic E-state index is 0.0454. The van der Waals surface area contributed by atoms with Crippen molar-refractivity contribution >= 4 is 5.91 Å². The lowest BCUT2D eigenvalue weighted by molar-refractivity contribution is 0.0934. The summed E-state index contributed by atoms with van der Waals surface area (Å²) in [4.78, 5) is 19.1. The lowest BCUT2D eigenvalue weighted by Gasteiger charge is -2.31. The van der Waals surface area contributed by atoms with E-state index in [1.54, 1.807) is 0 Å². The second kappa shape index (κ2) is 8.06. The fourth-order valence-corrected chi connectivity index (χ4v) is 3.23. The van der Waals surface area contributed by atoms with E-state index in [1.807, 2.05) is 49.5 Å². The maximum atomic E-state index is 12.3. The molecule has 0 radical (unpaired) electrons. The van der Waals surface area contributed by atoms with Crippen LogP contribution in [0.2, 0.25) is 0 Å². The summed E-state index contributed by atoms with van der Waals surface area (Å²) < 4.78 is 0. The van der Waals surface area contributed by atoms with E-state index in [-0.39, 0.29) is 5.91 Å². The Morgan fingerprint density at radius 3 is 2.62 bits per heavy atom. The van der Waals surface area contributed by atoms with Crippen LogP contribution in [0.3, 0.4) is 0 Å². The molecule has 4 heteroatoms. The average Bonchev–Trinajstić information content (AvgIpc) is 2.62. The minimum atomic E-state index is 0.0454. The Labute approximate surface area is 143 Å². The SMILES string of the molecule is Cc1ccccc1C(=O)NCC1CCN(Cc2ccccn2)CC1. The van der Waals surface area contributed by atoms with Gasteiger partial charge in [0.15, 0.2) is 0 Å². The molecule has 2 aromatic rings. The molecule has 0 saturated carbocycles. The fraction of sp³-hybridized carbons (Fsp3) is 0.400. The normalized spacial score (nSPS) is 16.0. The van der Waals surface area contributed by atoms with Crippen LogP contribution >= 0.6 is 0 Å². The molecule has 0 atom stereocenters. The van der Waals surface area contributed by atoms with Gasteiger partial charge in [-0.25, -0.2) is 0 Å². The zero-order valence-corrected chi connectivity index (χ0v) is 14.2. The summed E-state index contributed by atoms with van der Waals surface area (Å²) in [5.74, 6) is 0.613. The van der Waals surface area contributed by atoms with Gasteiger partial charge >= 0.3 is 0 Å². The predicted octanol–water partition coefficient (Wildman–Crippen LogP) is 3.03. The molecule has 3 rings (SSSR count). The van der Waals surface area contributed by atoms with Crippen LogP contribution in [0.4, 0.5) is 0 Å². The summed E-state index contributed by atoms with van der Waals surface area (Å²) in [6.45, 7) is 5.81. The van der Waals surface area contributed by atoms with Gasteiger partial charge < -0.3 is 5.32 Å². The largest absolute Gasteiger partial charge is 0.352 e. The van der Waals surface area contributed by atoms with Gasteiger partial charge in [0.05, 0.1) is 5.69 Å². The van der Waals surface area contributed by atoms with E-state index in [4.69, 9.17) is 0 Å². The van der Waals surface area contributed by atoms with E-state index in [0.717, 1.165) is 55.8 Å². The molecule has 1 N–H and O–H groups in total. The van der Waals surface area contributed by atoms with Crippen LogP contribution in [0.25, 0.3) is 0 Å². The van der Waals surface area contributed by atoms with Crippen molar-refractivity contribution in [1.82, 2.24) is 15.2 Å². The van der Waals surface area contributed by atoms with Gasteiger partial charge in [0.2, 0.25) is 0 Å². The zero-order chi connectivity index (χ0) is 16.8. The third-order valence-electron chi connectivity index (χ3n) is 4.76. The molecule has 2 heterocycles. The van der Waals surface area contributed by atoms with Crippen LogP contribution in [-0.4, -0.2) is 35.4 Å². The summed E-state index contributed by atoms with van der Waals surface area (Å²) >= 11 is 0. The molecule has 1 saturated heterocycles. The molecule has 1 aliphatic heterocycles. The number of hydrogen-bond acceptors (Lipinski definition) is 3. The quantitative estimate of drug-likeness (QED) is 0.920. The predicted molar refractivity (Wildman–Crippen MR) is 95.8 cm³/mol. The highest BCUT2D eigenvalue weighted by atomic mass is 16.1. The highest BCUT2D eigenvalue weighted by Gasteiger charge is 2.20. The van der Waals surface area contributed by atoms with E-state index in [2.05, 4.69) is 21.3 Å². The third-order valence-corrected chi connectivity index (χ3v) is 4.76. The molecular weight excluding hydrogens is 298 g/mol. The Bertz CT molecular complexity index is 664. The van der Waals surface area contributed by atoms with Gasteiger partial charge in [-0.3, -0.25) is 14.7 Å². The van der Waals surface area contributed by atoms with Crippen molar-refractivity contribution in [1.29, 1.82) is 0 Å². The molecule has 0 spiro atoms. The monoisotopic (exact) mass is 323 g/mol. The Kier molecular flexibility index (Phi) is 5.59. The number of hydrogen-bond donors (Lipinski definition) is 1. The van der Waals surface area contributed by atoms with Gasteiger partial charge in [0.25, 0.3) is 5.91 Å². The number of aromatic nitrogens is 1. The number of piperidine rings is 1. The maximum Gasteiger partial charge on any atom is 0.251 e. The van der Waals surface area contributed by atoms with Gasteiger partial charge in [0.1, 0.15) is 0 Å². The van der Waals surface area contributed by atoms with Crippen molar-refractivity contribution in [2.24, 2.45) is 5.92 Å². The summed E-state index contributed by atoms with van der Waals surface area (Å²) in [5.41, 5.74) is 2.94. The van der Waals surface area contributed by atoms with Crippen molar-refractivity contribution in [3.8, 4) is 0 Å². The number of carbonyl (C=O) groups excluding carboxylic acids is 1. The van der Waals surface area contributed by atoms with Crippen molar-refractivity contribution in [3.63, 3.8) is 0 Å². The zero-order valence-electron chi connectivity index (χ0n) is 14.2. The molecule has 1 aromatic heterocycles. The lowest BCUT2D eigenvalue weighted by Crippen LogP contribution is -2.38. The third kappa shape index (κ3) is 4.42. The van der Waals surface area contributed by atoms with E-state index in [9.17, 15) is 4.79 Å². The van der Waals surface area contributed by atoms with E-state index < -0.39 is 0 Å². The first-order chi connectivity index (χ1) is 11.7. The molecule has 24 heavy (non-hydrogen) atoms. The second-order valence-electron chi connectivity index (χ2n) is 6.57. The number of aryl methyl sites for hydroxylation is 1. The van der Waals surface area contributed by atoms with Crippen molar-refractivity contribution in [2.45, 2.75) is 26.3 Å². The topological polar surface area (TPSA) is 45.2 Å². The number of amides is 1. The molecule has 0 aliphatic carbocycles. The van der Waals surface area contributed by atoms with Gasteiger partial charge in [-0.1, -0.05) is 24.3 Å². The highest BCUT2D eigenvalue weighted by Crippen LogP contribution is 2.18. The van der Waals surface area contributed by atoms with Crippen LogP contribution in [0, 0.1) is 12.8 Å². The molecule has 1 aliphatic rings. The highest BCUT2D eigenvalue weighted by molar-refractivity contribution is 5.95. The Morgan fingerprint density at radius 1 is 1.17 bits per heavy atom. The number of benzene rings is 1. The van der Waals surface area contributed by atoms with Crippen LogP contribution in [0.15, 0.2) is 48.7 Å². The maximum absolute atomic E-state index is 12.3. The summed E-state index contributed by atoms with van der Waals surface area (Å²) in [7, 11) is 0. The van der Waals surface area contributed by atoms with E-state index in [0.29, 0.717) is 5.92 Å². The van der Waals surface area contributed by atoms with Crippen molar-refractivity contribution in [3.05, 3.63) is 65.5 Å². The Hall–Kier alpha value is -2.20. The molecule has 0 bridgehead atoms. The first-order valence-electron chi connectivity index (χ1n) is 8.68. The number of nitrogens with zero attached hydrogens (tertiary/aromatic N) is 2. The molecule has 1 fully saturated rings. The Morgan fingerprint density at radius 2 is 1.92 bits per heavy atom. The van der Waals surface area contributed by atoms with E-state index in [1.165, 1.54) is 0 Å². The van der Waals surface area contributed by atoms with Gasteiger partial charge in [-0.15, -0.1) is 0 Å². The second-order valence-corrected chi connectivity index (χ2v) is 6.57. The molecular formula is C20H25N3O. The number of likely N-dealkylation sites (tertiary alicyclic amines) is 1. The summed E-state index contributed by atoms with van der Waals surface area (Å²) in [6, 6.07) is 13.8. The van der Waals surface area contributed by atoms with E-state index >= 15 is 0 Å². The fourth-order valence-electron chi connectivity index (χ4n) is 3.23.